The topological polar surface area (TPSA) is 88.4 Å². The van der Waals surface area contributed by atoms with E-state index in [1.807, 2.05) is 0 Å². The van der Waals surface area contributed by atoms with E-state index in [1.165, 1.54) is 19.1 Å². The van der Waals surface area contributed by atoms with E-state index in [0.29, 0.717) is 11.3 Å². The molecule has 2 amide bonds. The van der Waals surface area contributed by atoms with Gasteiger partial charge in [0.05, 0.1) is 17.1 Å². The highest BCUT2D eigenvalue weighted by molar-refractivity contribution is 6.33. The van der Waals surface area contributed by atoms with Gasteiger partial charge in [-0.05, 0) is 30.3 Å². The van der Waals surface area contributed by atoms with Crippen LogP contribution in [-0.4, -0.2) is 26.4 Å². The molecule has 0 saturated carbocycles. The van der Waals surface area contributed by atoms with Crippen molar-refractivity contribution in [3.63, 3.8) is 0 Å². The summed E-state index contributed by atoms with van der Waals surface area (Å²) in [7, 11) is 0. The minimum Gasteiger partial charge on any atom is -0.345 e. The Balaban J connectivity index is 1.77. The van der Waals surface area contributed by atoms with Gasteiger partial charge in [-0.1, -0.05) is 11.6 Å². The molecule has 7 nitrogen and oxygen atoms in total. The molecule has 0 unspecified atom stereocenters. The van der Waals surface area contributed by atoms with Crippen LogP contribution < -0.4 is 10.6 Å². The molecule has 0 aliphatic heterocycles. The maximum absolute atomic E-state index is 13.0. The lowest BCUT2D eigenvalue weighted by Crippen LogP contribution is -2.24. The number of benzene rings is 1. The molecule has 0 aliphatic rings. The Labute approximate surface area is 161 Å². The summed E-state index contributed by atoms with van der Waals surface area (Å²) in [5.74, 6) is -0.622. The van der Waals surface area contributed by atoms with Gasteiger partial charge in [0.25, 0.3) is 5.91 Å². The molecule has 0 fully saturated rings. The van der Waals surface area contributed by atoms with Crippen LogP contribution in [0.25, 0.3) is 5.65 Å². The lowest BCUT2D eigenvalue weighted by Gasteiger charge is -2.09. The van der Waals surface area contributed by atoms with Gasteiger partial charge in [0, 0.05) is 24.4 Å². The Hall–Kier alpha value is -3.14. The number of carbonyl (C=O) groups is 2. The largest absolute Gasteiger partial charge is 0.417 e. The predicted octanol–water partition coefficient (Wildman–Crippen LogP) is 3.29. The molecule has 0 radical (unpaired) electrons. The number of hydrogen-bond donors (Lipinski definition) is 2. The summed E-state index contributed by atoms with van der Waals surface area (Å²) in [5, 5.41) is 12.5. The fourth-order valence-electron chi connectivity index (χ4n) is 2.44. The molecule has 0 atom stereocenters. The molecule has 0 spiro atoms. The quantitative estimate of drug-likeness (QED) is 0.689. The molecular weight excluding hydrogens is 399 g/mol. The number of carbonyl (C=O) groups excluding carboxylic acids is 2. The Morgan fingerprint density at radius 3 is 2.46 bits per heavy atom. The van der Waals surface area contributed by atoms with Crippen LogP contribution in [0.1, 0.15) is 28.7 Å². The first-order valence-corrected chi connectivity index (χ1v) is 8.29. The van der Waals surface area contributed by atoms with Crippen LogP contribution in [0.15, 0.2) is 36.5 Å². The molecule has 1 aromatic carbocycles. The number of alkyl halides is 3. The fourth-order valence-corrected chi connectivity index (χ4v) is 2.69. The zero-order chi connectivity index (χ0) is 20.5. The van der Waals surface area contributed by atoms with E-state index in [0.717, 1.165) is 16.7 Å². The van der Waals surface area contributed by atoms with Gasteiger partial charge in [0.1, 0.15) is 0 Å². The van der Waals surface area contributed by atoms with Gasteiger partial charge in [-0.25, -0.2) is 0 Å². The van der Waals surface area contributed by atoms with E-state index >= 15 is 0 Å². The lowest BCUT2D eigenvalue weighted by atomic mass is 10.2. The first kappa shape index (κ1) is 19.6. The number of aromatic nitrogens is 3. The minimum atomic E-state index is -4.59. The van der Waals surface area contributed by atoms with Crippen molar-refractivity contribution < 1.29 is 22.8 Å². The van der Waals surface area contributed by atoms with Crippen molar-refractivity contribution in [2.45, 2.75) is 19.6 Å². The SMILES string of the molecule is CC(=O)Nc1ccc(C(=O)NCc2nnc3c(Cl)cc(C(F)(F)F)cn23)cc1. The van der Waals surface area contributed by atoms with Crippen LogP contribution in [0.3, 0.4) is 0 Å². The number of hydrogen-bond acceptors (Lipinski definition) is 4. The van der Waals surface area contributed by atoms with Crippen LogP contribution in [0.4, 0.5) is 18.9 Å². The highest BCUT2D eigenvalue weighted by Gasteiger charge is 2.32. The Bertz CT molecular complexity index is 1050. The summed E-state index contributed by atoms with van der Waals surface area (Å²) in [5.41, 5.74) is -0.0664. The molecule has 0 saturated heterocycles. The molecule has 146 valence electrons. The van der Waals surface area contributed by atoms with Crippen LogP contribution >= 0.6 is 11.6 Å². The van der Waals surface area contributed by atoms with Gasteiger partial charge in [-0.2, -0.15) is 13.2 Å². The summed E-state index contributed by atoms with van der Waals surface area (Å²) in [6, 6.07) is 6.88. The summed E-state index contributed by atoms with van der Waals surface area (Å²) in [6.07, 6.45) is -3.76. The second kappa shape index (κ2) is 7.47. The highest BCUT2D eigenvalue weighted by atomic mass is 35.5. The minimum absolute atomic E-state index is 0.0542. The maximum Gasteiger partial charge on any atom is 0.417 e. The summed E-state index contributed by atoms with van der Waals surface area (Å²) >= 11 is 5.85. The van der Waals surface area contributed by atoms with Crippen LogP contribution in [0.5, 0.6) is 0 Å². The molecular formula is C17H13ClF3N5O2. The number of nitrogens with one attached hydrogen (secondary N) is 2. The zero-order valence-electron chi connectivity index (χ0n) is 14.3. The Morgan fingerprint density at radius 1 is 1.18 bits per heavy atom. The Kier molecular flexibility index (Phi) is 5.23. The van der Waals surface area contributed by atoms with E-state index in [1.54, 1.807) is 12.1 Å². The van der Waals surface area contributed by atoms with Crippen LogP contribution in [-0.2, 0) is 17.5 Å². The van der Waals surface area contributed by atoms with Crippen molar-refractivity contribution in [2.24, 2.45) is 0 Å². The number of anilines is 1. The normalized spacial score (nSPS) is 11.5. The third-order valence-corrected chi connectivity index (χ3v) is 4.01. The molecule has 0 bridgehead atoms. The maximum atomic E-state index is 13.0. The third kappa shape index (κ3) is 4.22. The van der Waals surface area contributed by atoms with Gasteiger partial charge in [0.15, 0.2) is 11.5 Å². The zero-order valence-corrected chi connectivity index (χ0v) is 15.1. The lowest BCUT2D eigenvalue weighted by molar-refractivity contribution is -0.137. The average molecular weight is 412 g/mol. The first-order valence-electron chi connectivity index (χ1n) is 7.91. The van der Waals surface area contributed by atoms with Crippen molar-refractivity contribution in [1.29, 1.82) is 0 Å². The van der Waals surface area contributed by atoms with Gasteiger partial charge < -0.3 is 10.6 Å². The summed E-state index contributed by atoms with van der Waals surface area (Å²) in [6.45, 7) is 1.20. The van der Waals surface area contributed by atoms with E-state index in [4.69, 9.17) is 11.6 Å². The number of rotatable bonds is 4. The van der Waals surface area contributed by atoms with E-state index < -0.39 is 17.6 Å². The second-order valence-electron chi connectivity index (χ2n) is 5.83. The predicted molar refractivity (Wildman–Crippen MR) is 94.9 cm³/mol. The average Bonchev–Trinajstić information content (AvgIpc) is 3.03. The molecule has 2 N–H and O–H groups in total. The molecule has 0 aliphatic carbocycles. The van der Waals surface area contributed by atoms with Crippen molar-refractivity contribution in [2.75, 3.05) is 5.32 Å². The van der Waals surface area contributed by atoms with Crippen molar-refractivity contribution in [3.8, 4) is 0 Å². The summed E-state index contributed by atoms with van der Waals surface area (Å²) in [4.78, 5) is 23.2. The number of pyridine rings is 1. The van der Waals surface area contributed by atoms with Gasteiger partial charge in [-0.3, -0.25) is 14.0 Å². The fraction of sp³-hybridized carbons (Fsp3) is 0.176. The number of amides is 2. The Morgan fingerprint density at radius 2 is 1.86 bits per heavy atom. The van der Waals surface area contributed by atoms with Crippen LogP contribution in [0.2, 0.25) is 5.02 Å². The molecule has 11 heteroatoms. The molecule has 3 rings (SSSR count). The number of fused-ring (bicyclic) bond motifs is 1. The van der Waals surface area contributed by atoms with Gasteiger partial charge in [-0.15, -0.1) is 10.2 Å². The highest BCUT2D eigenvalue weighted by Crippen LogP contribution is 2.32. The van der Waals surface area contributed by atoms with Crippen molar-refractivity contribution in [3.05, 3.63) is 58.5 Å². The van der Waals surface area contributed by atoms with E-state index in [9.17, 15) is 22.8 Å². The molecule has 2 aromatic heterocycles. The standard InChI is InChI=1S/C17H13ClF3N5O2/c1-9(27)23-12-4-2-10(3-5-12)16(28)22-7-14-24-25-15-13(18)6-11(8-26(14)15)17(19,20)21/h2-6,8H,7H2,1H3,(H,22,28)(H,23,27). The van der Waals surface area contributed by atoms with E-state index in [-0.39, 0.29) is 28.9 Å². The summed E-state index contributed by atoms with van der Waals surface area (Å²) < 4.78 is 40.0. The molecule has 28 heavy (non-hydrogen) atoms. The van der Waals surface area contributed by atoms with Crippen LogP contribution in [0, 0.1) is 0 Å². The first-order chi connectivity index (χ1) is 13.1. The number of halogens is 4. The molecule has 2 heterocycles. The van der Waals surface area contributed by atoms with Gasteiger partial charge in [0.2, 0.25) is 5.91 Å². The molecule has 3 aromatic rings. The van der Waals surface area contributed by atoms with Gasteiger partial charge >= 0.3 is 6.18 Å². The van der Waals surface area contributed by atoms with Crippen molar-refractivity contribution >= 4 is 34.7 Å². The smallest absolute Gasteiger partial charge is 0.345 e. The second-order valence-corrected chi connectivity index (χ2v) is 6.23. The van der Waals surface area contributed by atoms with E-state index in [2.05, 4.69) is 20.8 Å². The number of nitrogens with zero attached hydrogens (tertiary/aromatic N) is 3. The monoisotopic (exact) mass is 411 g/mol. The third-order valence-electron chi connectivity index (χ3n) is 3.73. The van der Waals surface area contributed by atoms with Crippen molar-refractivity contribution in [1.82, 2.24) is 19.9 Å².